The summed E-state index contributed by atoms with van der Waals surface area (Å²) in [5.41, 5.74) is 6.57. The van der Waals surface area contributed by atoms with Gasteiger partial charge in [0, 0.05) is 25.2 Å². The Balaban J connectivity index is 1.64. The number of carbonyl (C=O) groups is 1. The number of nitrogens with zero attached hydrogens (tertiary/aromatic N) is 2. The van der Waals surface area contributed by atoms with E-state index in [9.17, 15) is 4.79 Å². The van der Waals surface area contributed by atoms with Crippen molar-refractivity contribution in [3.63, 3.8) is 0 Å². The largest absolute Gasteiger partial charge is 0.461 e. The second kappa shape index (κ2) is 9.82. The molecule has 2 aromatic rings. The normalized spacial score (nSPS) is 22.0. The van der Waals surface area contributed by atoms with Crippen LogP contribution in [-0.2, 0) is 22.6 Å². The molecule has 1 atom stereocenters. The van der Waals surface area contributed by atoms with Gasteiger partial charge in [-0.25, -0.2) is 4.79 Å². The number of rotatable bonds is 7. The van der Waals surface area contributed by atoms with E-state index in [1.54, 1.807) is 0 Å². The predicted octanol–water partition coefficient (Wildman–Crippen LogP) is 4.91. The van der Waals surface area contributed by atoms with Gasteiger partial charge in [0.15, 0.2) is 0 Å². The zero-order chi connectivity index (χ0) is 25.2. The number of ether oxygens (including phenoxy) is 1. The number of hydrogen-bond acceptors (Lipinski definition) is 4. The highest BCUT2D eigenvalue weighted by Gasteiger charge is 2.54. The maximum absolute atomic E-state index is 13.0. The van der Waals surface area contributed by atoms with Crippen LogP contribution in [0.1, 0.15) is 24.5 Å². The summed E-state index contributed by atoms with van der Waals surface area (Å²) < 4.78 is 6.27. The van der Waals surface area contributed by atoms with Crippen molar-refractivity contribution >= 4 is 5.97 Å². The molecule has 3 aliphatic rings. The zero-order valence-electron chi connectivity index (χ0n) is 21.5. The second-order valence-corrected chi connectivity index (χ2v) is 10.4. The molecule has 5 heteroatoms. The lowest BCUT2D eigenvalue weighted by atomic mass is 9.72. The molecule has 2 heterocycles. The molecule has 0 aromatic heterocycles. The number of nitrogens with one attached hydrogen (secondary N) is 1. The van der Waals surface area contributed by atoms with Crippen molar-refractivity contribution in [1.29, 1.82) is 0 Å². The molecule has 0 saturated carbocycles. The van der Waals surface area contributed by atoms with E-state index in [0.29, 0.717) is 18.8 Å². The molecule has 1 saturated heterocycles. The number of esters is 1. The lowest BCUT2D eigenvalue weighted by Crippen LogP contribution is -2.38. The summed E-state index contributed by atoms with van der Waals surface area (Å²) in [7, 11) is 4.53. The van der Waals surface area contributed by atoms with Gasteiger partial charge in [0.25, 0.3) is 0 Å². The van der Waals surface area contributed by atoms with Gasteiger partial charge < -0.3 is 15.0 Å². The van der Waals surface area contributed by atoms with Gasteiger partial charge in [0.05, 0.1) is 39.2 Å². The third-order valence-electron chi connectivity index (χ3n) is 7.63. The van der Waals surface area contributed by atoms with Crippen LogP contribution in [0.15, 0.2) is 108 Å². The molecule has 1 aliphatic carbocycles. The number of benzene rings is 2. The molecule has 5 rings (SSSR count). The van der Waals surface area contributed by atoms with E-state index in [2.05, 4.69) is 109 Å². The molecule has 2 aliphatic heterocycles. The van der Waals surface area contributed by atoms with Crippen molar-refractivity contribution in [2.75, 3.05) is 33.8 Å². The molecule has 1 spiro atoms. The minimum Gasteiger partial charge on any atom is -0.461 e. The van der Waals surface area contributed by atoms with Gasteiger partial charge in [0.2, 0.25) is 0 Å². The Hall–Kier alpha value is -3.57. The molecule has 0 amide bonds. The first-order chi connectivity index (χ1) is 17.4. The second-order valence-electron chi connectivity index (χ2n) is 10.4. The molecule has 1 N–H and O–H groups in total. The van der Waals surface area contributed by atoms with Crippen molar-refractivity contribution in [3.8, 4) is 0 Å². The fourth-order valence-electron chi connectivity index (χ4n) is 5.88. The summed E-state index contributed by atoms with van der Waals surface area (Å²) >= 11 is 0. The highest BCUT2D eigenvalue weighted by molar-refractivity contribution is 5.88. The lowest BCUT2D eigenvalue weighted by molar-refractivity contribution is -0.844. The van der Waals surface area contributed by atoms with Gasteiger partial charge in [-0.2, -0.15) is 0 Å². The van der Waals surface area contributed by atoms with Gasteiger partial charge in [-0.15, -0.1) is 0 Å². The van der Waals surface area contributed by atoms with Crippen LogP contribution in [-0.4, -0.2) is 49.1 Å². The molecule has 36 heavy (non-hydrogen) atoms. The minimum atomic E-state index is -0.342. The van der Waals surface area contributed by atoms with E-state index in [-0.39, 0.29) is 11.4 Å². The fraction of sp³-hybridized carbons (Fsp3) is 0.323. The van der Waals surface area contributed by atoms with Crippen LogP contribution in [0, 0.1) is 5.41 Å². The molecule has 0 bridgehead atoms. The van der Waals surface area contributed by atoms with E-state index >= 15 is 0 Å². The van der Waals surface area contributed by atoms with E-state index in [0.717, 1.165) is 30.5 Å². The van der Waals surface area contributed by atoms with Crippen LogP contribution >= 0.6 is 0 Å². The average molecular weight is 483 g/mol. The number of likely N-dealkylation sites (tertiary alicyclic amines) is 1. The van der Waals surface area contributed by atoms with Crippen molar-refractivity contribution in [3.05, 3.63) is 119 Å². The molecule has 0 radical (unpaired) electrons. The van der Waals surface area contributed by atoms with Crippen molar-refractivity contribution in [1.82, 2.24) is 10.2 Å². The standard InChI is InChI=1S/C31H36N3O2/c1-4-36-30(35)27-20-31-18-19-34(2,3)29(31)17-11-16-26(31)28(21-32-27)33(22-24-12-7-5-8-13-24)23-25-14-9-6-10-15-25/h5-17,20,32H,4,18-19,21-23H2,1-3H3/q+1. The van der Waals surface area contributed by atoms with Crippen LogP contribution in [0.2, 0.25) is 0 Å². The molecule has 1 fully saturated rings. The highest BCUT2D eigenvalue weighted by Crippen LogP contribution is 2.54. The van der Waals surface area contributed by atoms with Gasteiger partial charge in [0.1, 0.15) is 11.4 Å². The first-order valence-electron chi connectivity index (χ1n) is 12.9. The van der Waals surface area contributed by atoms with E-state index in [1.165, 1.54) is 28.1 Å². The Morgan fingerprint density at radius 3 is 2.28 bits per heavy atom. The predicted molar refractivity (Wildman–Crippen MR) is 143 cm³/mol. The molecule has 2 aromatic carbocycles. The molecular weight excluding hydrogens is 446 g/mol. The smallest absolute Gasteiger partial charge is 0.354 e. The third kappa shape index (κ3) is 4.51. The van der Waals surface area contributed by atoms with Gasteiger partial charge >= 0.3 is 5.97 Å². The van der Waals surface area contributed by atoms with E-state index in [4.69, 9.17) is 4.74 Å². The van der Waals surface area contributed by atoms with Crippen molar-refractivity contribution < 1.29 is 14.0 Å². The SMILES string of the molecule is CCOC(=O)C1=CC23CC[N+](C)(C)C2=CC=CC3=C(N(Cc2ccccc2)Cc2ccccc2)CN1. The Morgan fingerprint density at radius 2 is 1.67 bits per heavy atom. The van der Waals surface area contributed by atoms with Crippen LogP contribution in [0.4, 0.5) is 0 Å². The summed E-state index contributed by atoms with van der Waals surface area (Å²) in [5.74, 6) is -0.281. The van der Waals surface area contributed by atoms with E-state index in [1.807, 2.05) is 6.92 Å². The Labute approximate surface area is 214 Å². The molecular formula is C31H36N3O2+. The highest BCUT2D eigenvalue weighted by atomic mass is 16.5. The van der Waals surface area contributed by atoms with Gasteiger partial charge in [-0.05, 0) is 35.8 Å². The van der Waals surface area contributed by atoms with E-state index < -0.39 is 0 Å². The Kier molecular flexibility index (Phi) is 6.59. The third-order valence-corrected chi connectivity index (χ3v) is 7.63. The van der Waals surface area contributed by atoms with Crippen LogP contribution in [0.3, 0.4) is 0 Å². The van der Waals surface area contributed by atoms with Gasteiger partial charge in [-0.1, -0.05) is 72.8 Å². The lowest BCUT2D eigenvalue weighted by Gasteiger charge is -2.37. The number of quaternary nitrogens is 1. The maximum atomic E-state index is 13.0. The summed E-state index contributed by atoms with van der Waals surface area (Å²) in [6.07, 6.45) is 9.79. The average Bonchev–Trinajstić information content (AvgIpc) is 3.04. The summed E-state index contributed by atoms with van der Waals surface area (Å²) in [4.78, 5) is 15.5. The molecule has 186 valence electrons. The summed E-state index contributed by atoms with van der Waals surface area (Å²) in [5, 5.41) is 3.48. The monoisotopic (exact) mass is 482 g/mol. The van der Waals surface area contributed by atoms with Crippen LogP contribution in [0.25, 0.3) is 0 Å². The molecule has 5 nitrogen and oxygen atoms in total. The zero-order valence-corrected chi connectivity index (χ0v) is 21.5. The fourth-order valence-corrected chi connectivity index (χ4v) is 5.88. The summed E-state index contributed by atoms with van der Waals surface area (Å²) in [6, 6.07) is 21.2. The van der Waals surface area contributed by atoms with Crippen molar-refractivity contribution in [2.45, 2.75) is 26.4 Å². The van der Waals surface area contributed by atoms with Crippen LogP contribution in [0.5, 0.6) is 0 Å². The number of carbonyl (C=O) groups excluding carboxylic acids is 1. The molecule has 1 unspecified atom stereocenters. The quantitative estimate of drug-likeness (QED) is 0.450. The Morgan fingerprint density at radius 1 is 1.03 bits per heavy atom. The minimum absolute atomic E-state index is 0.281. The maximum Gasteiger partial charge on any atom is 0.354 e. The topological polar surface area (TPSA) is 41.6 Å². The van der Waals surface area contributed by atoms with Crippen molar-refractivity contribution in [2.24, 2.45) is 5.41 Å². The first kappa shape index (κ1) is 24.1. The van der Waals surface area contributed by atoms with Gasteiger partial charge in [-0.3, -0.25) is 4.48 Å². The number of hydrogen-bond donors (Lipinski definition) is 1. The Bertz CT molecular complexity index is 1200. The van der Waals surface area contributed by atoms with Crippen LogP contribution < -0.4 is 5.32 Å². The first-order valence-corrected chi connectivity index (χ1v) is 12.9. The number of allylic oxidation sites excluding steroid dienone is 4. The summed E-state index contributed by atoms with van der Waals surface area (Å²) in [6.45, 7) is 5.35.